The molecule has 0 aliphatic carbocycles. The van der Waals surface area contributed by atoms with E-state index in [-0.39, 0.29) is 18.3 Å². The van der Waals surface area contributed by atoms with E-state index in [1.165, 1.54) is 19.2 Å². The number of hydrogen-bond donors (Lipinski definition) is 2. The van der Waals surface area contributed by atoms with Crippen molar-refractivity contribution in [3.05, 3.63) is 88.2 Å². The highest BCUT2D eigenvalue weighted by atomic mass is 35.5. The molecule has 2 N–H and O–H groups in total. The number of rotatable bonds is 9. The zero-order valence-corrected chi connectivity index (χ0v) is 18.1. The first-order valence-electron chi connectivity index (χ1n) is 9.75. The van der Waals surface area contributed by atoms with E-state index in [1.54, 1.807) is 24.3 Å². The molecule has 0 unspecified atom stereocenters. The highest BCUT2D eigenvalue weighted by molar-refractivity contribution is 6.31. The van der Waals surface area contributed by atoms with Gasteiger partial charge in [-0.2, -0.15) is 0 Å². The Hall–Kier alpha value is -3.09. The van der Waals surface area contributed by atoms with E-state index in [0.29, 0.717) is 35.3 Å². The monoisotopic (exact) mass is 442 g/mol. The van der Waals surface area contributed by atoms with Gasteiger partial charge in [-0.05, 0) is 48.4 Å². The minimum Gasteiger partial charge on any atom is -0.493 e. The zero-order chi connectivity index (χ0) is 22.2. The number of halogens is 2. The van der Waals surface area contributed by atoms with Crippen molar-refractivity contribution in [2.24, 2.45) is 0 Å². The van der Waals surface area contributed by atoms with Crippen molar-refractivity contribution >= 4 is 23.2 Å². The predicted octanol–water partition coefficient (Wildman–Crippen LogP) is 5.10. The second kappa shape index (κ2) is 10.8. The lowest BCUT2D eigenvalue weighted by molar-refractivity contribution is -0.118. The Bertz CT molecular complexity index is 1020. The van der Waals surface area contributed by atoms with Crippen LogP contribution in [-0.4, -0.2) is 19.6 Å². The van der Waals surface area contributed by atoms with E-state index in [0.717, 1.165) is 16.7 Å². The lowest BCUT2D eigenvalue weighted by Crippen LogP contribution is -2.20. The van der Waals surface area contributed by atoms with Crippen LogP contribution < -0.4 is 20.1 Å². The van der Waals surface area contributed by atoms with Crippen molar-refractivity contribution in [3.8, 4) is 11.5 Å². The molecule has 3 aromatic rings. The molecule has 3 rings (SSSR count). The van der Waals surface area contributed by atoms with Gasteiger partial charge in [-0.15, -0.1) is 0 Å². The average Bonchev–Trinajstić information content (AvgIpc) is 2.76. The first-order chi connectivity index (χ1) is 14.9. The second-order valence-corrected chi connectivity index (χ2v) is 7.43. The molecule has 7 heteroatoms. The fourth-order valence-electron chi connectivity index (χ4n) is 2.91. The van der Waals surface area contributed by atoms with Gasteiger partial charge in [0, 0.05) is 29.9 Å². The third kappa shape index (κ3) is 6.70. The Kier molecular flexibility index (Phi) is 7.87. The van der Waals surface area contributed by atoms with Gasteiger partial charge >= 0.3 is 0 Å². The summed E-state index contributed by atoms with van der Waals surface area (Å²) < 4.78 is 24.0. The maximum Gasteiger partial charge on any atom is 0.262 e. The smallest absolute Gasteiger partial charge is 0.262 e. The molecule has 31 heavy (non-hydrogen) atoms. The maximum absolute atomic E-state index is 13.0. The van der Waals surface area contributed by atoms with Gasteiger partial charge in [-0.25, -0.2) is 4.39 Å². The van der Waals surface area contributed by atoms with Crippen LogP contribution in [0, 0.1) is 12.7 Å². The lowest BCUT2D eigenvalue weighted by atomic mass is 10.1. The highest BCUT2D eigenvalue weighted by Crippen LogP contribution is 2.33. The lowest BCUT2D eigenvalue weighted by Gasteiger charge is -2.14. The summed E-state index contributed by atoms with van der Waals surface area (Å²) in [7, 11) is 1.53. The molecule has 5 nitrogen and oxygen atoms in total. The highest BCUT2D eigenvalue weighted by Gasteiger charge is 2.13. The Balaban J connectivity index is 1.57. The van der Waals surface area contributed by atoms with Crippen molar-refractivity contribution in [2.75, 3.05) is 19.0 Å². The predicted molar refractivity (Wildman–Crippen MR) is 120 cm³/mol. The van der Waals surface area contributed by atoms with Gasteiger partial charge in [0.1, 0.15) is 5.82 Å². The molecule has 0 bridgehead atoms. The summed E-state index contributed by atoms with van der Waals surface area (Å²) in [6.45, 7) is 2.85. The molecule has 0 radical (unpaired) electrons. The van der Waals surface area contributed by atoms with Crippen molar-refractivity contribution in [1.29, 1.82) is 0 Å². The summed E-state index contributed by atoms with van der Waals surface area (Å²) in [5.41, 5.74) is 3.59. The molecule has 1 amide bonds. The Labute approximate surface area is 186 Å². The van der Waals surface area contributed by atoms with Gasteiger partial charge in [-0.3, -0.25) is 4.79 Å². The van der Waals surface area contributed by atoms with Crippen LogP contribution >= 0.6 is 11.6 Å². The van der Waals surface area contributed by atoms with Gasteiger partial charge in [0.25, 0.3) is 5.91 Å². The summed E-state index contributed by atoms with van der Waals surface area (Å²) in [5, 5.41) is 6.53. The molecule has 0 aliphatic heterocycles. The molecule has 0 aromatic heterocycles. The molecule has 0 saturated carbocycles. The van der Waals surface area contributed by atoms with Crippen LogP contribution in [0.25, 0.3) is 0 Å². The Morgan fingerprint density at radius 3 is 2.39 bits per heavy atom. The number of benzene rings is 3. The van der Waals surface area contributed by atoms with Gasteiger partial charge in [0.2, 0.25) is 0 Å². The summed E-state index contributed by atoms with van der Waals surface area (Å²) >= 11 is 6.40. The van der Waals surface area contributed by atoms with E-state index in [1.807, 2.05) is 31.2 Å². The Morgan fingerprint density at radius 2 is 1.71 bits per heavy atom. The number of amides is 1. The van der Waals surface area contributed by atoms with Crippen LogP contribution in [0.3, 0.4) is 0 Å². The fraction of sp³-hybridized carbons (Fsp3) is 0.208. The van der Waals surface area contributed by atoms with E-state index < -0.39 is 0 Å². The molecule has 0 aliphatic rings. The molecular formula is C24H24ClFN2O3. The molecule has 0 fully saturated rings. The zero-order valence-electron chi connectivity index (χ0n) is 17.4. The summed E-state index contributed by atoms with van der Waals surface area (Å²) in [5.74, 6) is 0.312. The number of aryl methyl sites for hydroxylation is 1. The number of methoxy groups -OCH3 is 1. The third-order valence-electron chi connectivity index (χ3n) is 4.58. The number of hydrogen-bond acceptors (Lipinski definition) is 4. The number of carbonyl (C=O) groups is 1. The first-order valence-corrected chi connectivity index (χ1v) is 10.1. The number of nitrogens with one attached hydrogen (secondary N) is 2. The van der Waals surface area contributed by atoms with E-state index in [2.05, 4.69) is 10.6 Å². The van der Waals surface area contributed by atoms with Crippen LogP contribution in [0.1, 0.15) is 16.7 Å². The van der Waals surface area contributed by atoms with Crippen LogP contribution in [0.4, 0.5) is 10.1 Å². The minimum absolute atomic E-state index is 0.178. The SMILES string of the molecule is COc1cc(CNCc2ccc(F)cc2)c(Cl)cc1OCC(=O)Nc1ccc(C)cc1. The fourth-order valence-corrected chi connectivity index (χ4v) is 3.13. The molecule has 3 aromatic carbocycles. The van der Waals surface area contributed by atoms with Crippen LogP contribution in [0.5, 0.6) is 11.5 Å². The summed E-state index contributed by atoms with van der Waals surface area (Å²) in [6, 6.07) is 17.2. The summed E-state index contributed by atoms with van der Waals surface area (Å²) in [6.07, 6.45) is 0. The van der Waals surface area contributed by atoms with Crippen LogP contribution in [-0.2, 0) is 17.9 Å². The average molecular weight is 443 g/mol. The number of anilines is 1. The van der Waals surface area contributed by atoms with Crippen molar-refractivity contribution in [1.82, 2.24) is 5.32 Å². The van der Waals surface area contributed by atoms with Gasteiger partial charge in [-0.1, -0.05) is 41.4 Å². The van der Waals surface area contributed by atoms with Crippen molar-refractivity contribution < 1.29 is 18.7 Å². The maximum atomic E-state index is 13.0. The van der Waals surface area contributed by atoms with Gasteiger partial charge in [0.05, 0.1) is 7.11 Å². The van der Waals surface area contributed by atoms with E-state index >= 15 is 0 Å². The number of carbonyl (C=O) groups excluding carboxylic acids is 1. The normalized spacial score (nSPS) is 10.6. The largest absolute Gasteiger partial charge is 0.493 e. The van der Waals surface area contributed by atoms with Crippen LogP contribution in [0.15, 0.2) is 60.7 Å². The second-order valence-electron chi connectivity index (χ2n) is 7.03. The molecular weight excluding hydrogens is 419 g/mol. The van der Waals surface area contributed by atoms with Crippen molar-refractivity contribution in [2.45, 2.75) is 20.0 Å². The molecule has 0 saturated heterocycles. The van der Waals surface area contributed by atoms with Gasteiger partial charge in [0.15, 0.2) is 18.1 Å². The molecule has 162 valence electrons. The van der Waals surface area contributed by atoms with Crippen LogP contribution in [0.2, 0.25) is 5.02 Å². The number of ether oxygens (including phenoxy) is 2. The minimum atomic E-state index is -0.285. The third-order valence-corrected chi connectivity index (χ3v) is 4.94. The van der Waals surface area contributed by atoms with Crippen molar-refractivity contribution in [3.63, 3.8) is 0 Å². The molecule has 0 atom stereocenters. The molecule has 0 spiro atoms. The Morgan fingerprint density at radius 1 is 1.00 bits per heavy atom. The standard InChI is InChI=1S/C24H24ClFN2O3/c1-16-3-9-20(10-4-16)28-24(29)15-31-23-12-21(25)18(11-22(23)30-2)14-27-13-17-5-7-19(26)8-6-17/h3-12,27H,13-15H2,1-2H3,(H,28,29). The molecule has 0 heterocycles. The van der Waals surface area contributed by atoms with Gasteiger partial charge < -0.3 is 20.1 Å². The van der Waals surface area contributed by atoms with E-state index in [4.69, 9.17) is 21.1 Å². The first kappa shape index (κ1) is 22.6. The van der Waals surface area contributed by atoms with E-state index in [9.17, 15) is 9.18 Å². The summed E-state index contributed by atoms with van der Waals surface area (Å²) in [4.78, 5) is 12.2. The topological polar surface area (TPSA) is 59.6 Å². The quantitative estimate of drug-likeness (QED) is 0.484.